The van der Waals surface area contributed by atoms with E-state index < -0.39 is 0 Å². The van der Waals surface area contributed by atoms with E-state index in [1.807, 2.05) is 86.9 Å². The highest BCUT2D eigenvalue weighted by Gasteiger charge is 2.16. The molecule has 0 aliphatic heterocycles. The van der Waals surface area contributed by atoms with Gasteiger partial charge in [0.15, 0.2) is 0 Å². The van der Waals surface area contributed by atoms with Crippen LogP contribution in [0.1, 0.15) is 102 Å². The fraction of sp³-hybridized carbons (Fsp3) is 0.377. The van der Waals surface area contributed by atoms with Crippen LogP contribution in [-0.4, -0.2) is 44.8 Å². The number of nitrogens with zero attached hydrogens (tertiary/aromatic N) is 2. The maximum Gasteiger partial charge on any atom is 0.228 e. The number of ketones is 1. The minimum Gasteiger partial charge on any atom is -0.318 e. The van der Waals surface area contributed by atoms with Gasteiger partial charge in [-0.05, 0) is 141 Å². The molecule has 0 spiro atoms. The number of amides is 2. The lowest BCUT2D eigenvalue weighted by molar-refractivity contribution is -0.117. The van der Waals surface area contributed by atoms with Crippen LogP contribution in [-0.2, 0) is 40.1 Å². The second kappa shape index (κ2) is 27.4. The van der Waals surface area contributed by atoms with Gasteiger partial charge in [-0.1, -0.05) is 113 Å². The molecular weight excluding hydrogens is 741 g/mol. The lowest BCUT2D eigenvalue weighted by Gasteiger charge is -2.23. The minimum atomic E-state index is -0.0267. The second-order valence-corrected chi connectivity index (χ2v) is 15.3. The molecule has 0 heterocycles. The van der Waals surface area contributed by atoms with Crippen LogP contribution < -0.4 is 20.4 Å². The van der Waals surface area contributed by atoms with Crippen molar-refractivity contribution in [2.24, 2.45) is 0 Å². The Kier molecular flexibility index (Phi) is 22.4. The number of unbranched alkanes of at least 4 members (excludes halogenated alkanes) is 3. The van der Waals surface area contributed by atoms with E-state index in [1.165, 1.54) is 42.4 Å². The van der Waals surface area contributed by atoms with Gasteiger partial charge in [-0.3, -0.25) is 24.2 Å². The zero-order valence-corrected chi connectivity index (χ0v) is 37.7. The van der Waals surface area contributed by atoms with E-state index in [0.29, 0.717) is 6.42 Å². The van der Waals surface area contributed by atoms with E-state index in [9.17, 15) is 14.4 Å². The monoisotopic (exact) mass is 811 g/mol. The zero-order valence-electron chi connectivity index (χ0n) is 37.7. The number of likely N-dealkylation sites (N-methyl/N-ethyl adjacent to an activating group) is 2. The van der Waals surface area contributed by atoms with E-state index in [1.54, 1.807) is 30.6 Å². The first-order valence-electron chi connectivity index (χ1n) is 21.9. The number of benzene rings is 5. The molecule has 0 unspecified atom stereocenters. The lowest BCUT2D eigenvalue weighted by atomic mass is 10.0. The molecule has 0 aliphatic rings. The van der Waals surface area contributed by atoms with Gasteiger partial charge in [0.05, 0.1) is 0 Å². The van der Waals surface area contributed by atoms with E-state index in [4.69, 9.17) is 0 Å². The van der Waals surface area contributed by atoms with Gasteiger partial charge in [0.1, 0.15) is 5.78 Å². The van der Waals surface area contributed by atoms with Gasteiger partial charge in [-0.2, -0.15) is 0 Å². The van der Waals surface area contributed by atoms with Gasteiger partial charge in [-0.25, -0.2) is 0 Å². The molecule has 320 valence electrons. The van der Waals surface area contributed by atoms with Gasteiger partial charge in [-0.15, -0.1) is 0 Å². The molecule has 0 saturated carbocycles. The van der Waals surface area contributed by atoms with Crippen molar-refractivity contribution >= 4 is 40.3 Å². The van der Waals surface area contributed by atoms with Crippen LogP contribution in [0.4, 0.5) is 22.7 Å². The van der Waals surface area contributed by atoms with Crippen LogP contribution in [0, 0.1) is 0 Å². The molecule has 0 bridgehead atoms. The lowest BCUT2D eigenvalue weighted by Crippen LogP contribution is -2.22. The first kappa shape index (κ1) is 49.0. The molecule has 5 aromatic carbocycles. The van der Waals surface area contributed by atoms with Gasteiger partial charge < -0.3 is 10.6 Å². The standard InChI is InChI=1S/C36H40N2O2.C13H18O.C4H12N2/c1-5-7-9-29-11-19-33(20-12-29)37(27(3)39)35-23-15-31(16-24-35)32-17-25-36(26-18-32)38(28(4)40)34-21-13-30(14-22-34)10-8-6-2;1-3-4-5-12-6-8-13(9-7-12)10-11(2)14;1-5-3-4-6-2/h11-26H,5-10H2,1-4H3;6-9H,3-5,10H2,1-2H3;5-6H,3-4H2,1-2H3. The summed E-state index contributed by atoms with van der Waals surface area (Å²) in [5, 5.41) is 6.01. The Hall–Kier alpha value is -5.37. The van der Waals surface area contributed by atoms with Crippen molar-refractivity contribution in [2.45, 2.75) is 106 Å². The van der Waals surface area contributed by atoms with Crippen LogP contribution in [0.15, 0.2) is 121 Å². The van der Waals surface area contributed by atoms with Crippen molar-refractivity contribution in [3.05, 3.63) is 144 Å². The van der Waals surface area contributed by atoms with Crippen molar-refractivity contribution in [2.75, 3.05) is 37.0 Å². The topological polar surface area (TPSA) is 81.8 Å². The van der Waals surface area contributed by atoms with Crippen molar-refractivity contribution in [1.29, 1.82) is 0 Å². The number of aryl methyl sites for hydroxylation is 3. The third-order valence-electron chi connectivity index (χ3n) is 10.2. The third kappa shape index (κ3) is 16.7. The Morgan fingerprint density at radius 1 is 0.417 bits per heavy atom. The molecule has 0 radical (unpaired) electrons. The Morgan fingerprint density at radius 2 is 0.683 bits per heavy atom. The molecule has 0 aliphatic carbocycles. The Bertz CT molecular complexity index is 1860. The van der Waals surface area contributed by atoms with Crippen molar-refractivity contribution in [3.8, 4) is 11.1 Å². The zero-order chi connectivity index (χ0) is 43.7. The highest BCUT2D eigenvalue weighted by Crippen LogP contribution is 2.32. The number of anilines is 4. The molecule has 0 saturated heterocycles. The number of Topliss-reactive ketones (excluding diaryl/α,β-unsaturated/α-hetero) is 1. The van der Waals surface area contributed by atoms with Crippen molar-refractivity contribution in [3.63, 3.8) is 0 Å². The summed E-state index contributed by atoms with van der Waals surface area (Å²) in [4.78, 5) is 39.5. The number of hydrogen-bond donors (Lipinski definition) is 2. The van der Waals surface area contributed by atoms with Crippen LogP contribution in [0.5, 0.6) is 0 Å². The van der Waals surface area contributed by atoms with Crippen molar-refractivity contribution < 1.29 is 14.4 Å². The molecule has 0 atom stereocenters. The van der Waals surface area contributed by atoms with Crippen LogP contribution in [0.3, 0.4) is 0 Å². The molecule has 7 heteroatoms. The van der Waals surface area contributed by atoms with Gasteiger partial charge in [0.25, 0.3) is 0 Å². The molecule has 0 fully saturated rings. The van der Waals surface area contributed by atoms with Crippen LogP contribution >= 0.6 is 0 Å². The predicted molar refractivity (Wildman–Crippen MR) is 255 cm³/mol. The molecular formula is C53H70N4O3. The smallest absolute Gasteiger partial charge is 0.228 e. The van der Waals surface area contributed by atoms with Gasteiger partial charge in [0, 0.05) is 56.1 Å². The fourth-order valence-electron chi connectivity index (χ4n) is 6.76. The number of rotatable bonds is 19. The molecule has 5 aromatic rings. The van der Waals surface area contributed by atoms with E-state index in [2.05, 4.69) is 79.9 Å². The molecule has 2 N–H and O–H groups in total. The number of nitrogens with one attached hydrogen (secondary N) is 2. The Labute approximate surface area is 361 Å². The largest absolute Gasteiger partial charge is 0.318 e. The van der Waals surface area contributed by atoms with Crippen LogP contribution in [0.25, 0.3) is 11.1 Å². The van der Waals surface area contributed by atoms with Gasteiger partial charge >= 0.3 is 0 Å². The van der Waals surface area contributed by atoms with E-state index in [0.717, 1.165) is 84.6 Å². The molecule has 0 aromatic heterocycles. The Morgan fingerprint density at radius 3 is 0.933 bits per heavy atom. The third-order valence-corrected chi connectivity index (χ3v) is 10.2. The summed E-state index contributed by atoms with van der Waals surface area (Å²) in [6.07, 6.45) is 11.0. The second-order valence-electron chi connectivity index (χ2n) is 15.3. The SMILES string of the molecule is CCCCc1ccc(CC(C)=O)cc1.CCCCc1ccc(N(C(C)=O)c2ccc(-c3ccc(N(C(C)=O)c4ccc(CCCC)cc4)cc3)cc2)cc1.CNCCNC. The summed E-state index contributed by atoms with van der Waals surface area (Å²) in [7, 11) is 3.88. The highest BCUT2D eigenvalue weighted by atomic mass is 16.2. The number of carbonyl (C=O) groups excluding carboxylic acids is 3. The average molecular weight is 811 g/mol. The number of carbonyl (C=O) groups is 3. The van der Waals surface area contributed by atoms with Gasteiger partial charge in [0.2, 0.25) is 11.8 Å². The summed E-state index contributed by atoms with van der Waals surface area (Å²) < 4.78 is 0. The fourth-order valence-corrected chi connectivity index (χ4v) is 6.76. The summed E-state index contributed by atoms with van der Waals surface area (Å²) in [6.45, 7) is 13.5. The Balaban J connectivity index is 0.000000395. The van der Waals surface area contributed by atoms with E-state index in [-0.39, 0.29) is 17.6 Å². The van der Waals surface area contributed by atoms with Crippen molar-refractivity contribution in [1.82, 2.24) is 10.6 Å². The molecule has 2 amide bonds. The van der Waals surface area contributed by atoms with Crippen LogP contribution in [0.2, 0.25) is 0 Å². The quantitative estimate of drug-likeness (QED) is 0.0812. The summed E-state index contributed by atoms with van der Waals surface area (Å²) in [6, 6.07) is 41.0. The average Bonchev–Trinajstić information content (AvgIpc) is 3.25. The number of hydrogen-bond acceptors (Lipinski definition) is 5. The summed E-state index contributed by atoms with van der Waals surface area (Å²) in [5.41, 5.74) is 10.6. The predicted octanol–water partition coefficient (Wildman–Crippen LogP) is 12.0. The molecule has 60 heavy (non-hydrogen) atoms. The normalized spacial score (nSPS) is 10.5. The first-order chi connectivity index (χ1) is 29.0. The summed E-state index contributed by atoms with van der Waals surface area (Å²) >= 11 is 0. The maximum absolute atomic E-state index is 12.6. The molecule has 5 rings (SSSR count). The maximum atomic E-state index is 12.6. The first-order valence-corrected chi connectivity index (χ1v) is 21.9. The summed E-state index contributed by atoms with van der Waals surface area (Å²) in [5.74, 6) is 0.175. The minimum absolute atomic E-state index is 0.0267. The van der Waals surface area contributed by atoms with E-state index >= 15 is 0 Å². The highest BCUT2D eigenvalue weighted by molar-refractivity contribution is 6.00. The molecule has 7 nitrogen and oxygen atoms in total.